The zero-order chi connectivity index (χ0) is 29.5. The lowest BCUT2D eigenvalue weighted by atomic mass is 9.93. The predicted molar refractivity (Wildman–Crippen MR) is 157 cm³/mol. The largest absolute Gasteiger partial charge is 0.490 e. The number of aryl methyl sites for hydroxylation is 1. The Morgan fingerprint density at radius 3 is 2.39 bits per heavy atom. The van der Waals surface area contributed by atoms with Crippen LogP contribution >= 0.6 is 0 Å². The van der Waals surface area contributed by atoms with Crippen molar-refractivity contribution in [1.29, 1.82) is 0 Å². The van der Waals surface area contributed by atoms with E-state index in [1.807, 2.05) is 24.3 Å². The Morgan fingerprint density at radius 1 is 1.07 bits per heavy atom. The summed E-state index contributed by atoms with van der Waals surface area (Å²) in [5.74, 6) is 0.381. The maximum atomic E-state index is 15.5. The van der Waals surface area contributed by atoms with Crippen molar-refractivity contribution in [1.82, 2.24) is 20.4 Å². The van der Waals surface area contributed by atoms with Crippen LogP contribution in [-0.2, 0) is 11.2 Å². The number of carbonyl (C=O) groups is 2. The quantitative estimate of drug-likeness (QED) is 0.363. The van der Waals surface area contributed by atoms with Crippen molar-refractivity contribution in [2.24, 2.45) is 0 Å². The molecule has 1 aromatic carbocycles. The molecule has 1 saturated heterocycles. The molecule has 41 heavy (non-hydrogen) atoms. The van der Waals surface area contributed by atoms with E-state index >= 15 is 4.39 Å². The first kappa shape index (κ1) is 30.7. The van der Waals surface area contributed by atoms with Gasteiger partial charge in [-0.3, -0.25) is 4.79 Å². The van der Waals surface area contributed by atoms with Crippen molar-refractivity contribution in [3.63, 3.8) is 0 Å². The Hall–Kier alpha value is -3.23. The molecule has 2 aliphatic rings. The average molecular weight is 569 g/mol. The van der Waals surface area contributed by atoms with E-state index in [1.165, 1.54) is 24.2 Å². The number of piperidine rings is 1. The molecule has 0 atom stereocenters. The number of nitrogens with zero attached hydrogens (tertiary/aromatic N) is 3. The third-order valence-corrected chi connectivity index (χ3v) is 7.77. The van der Waals surface area contributed by atoms with Gasteiger partial charge in [-0.15, -0.1) is 5.10 Å². The summed E-state index contributed by atoms with van der Waals surface area (Å²) >= 11 is 0. The number of halogens is 1. The molecule has 0 radical (unpaired) electrons. The molecule has 2 heterocycles. The van der Waals surface area contributed by atoms with Crippen molar-refractivity contribution in [3.8, 4) is 16.9 Å². The molecule has 9 heteroatoms. The molecule has 1 aromatic heterocycles. The Kier molecular flexibility index (Phi) is 10.2. The van der Waals surface area contributed by atoms with Gasteiger partial charge in [-0.2, -0.15) is 5.10 Å². The molecular weight excluding hydrogens is 523 g/mol. The van der Waals surface area contributed by atoms with E-state index in [1.54, 1.807) is 26.8 Å². The molecule has 4 rings (SSSR count). The molecule has 0 unspecified atom stereocenters. The summed E-state index contributed by atoms with van der Waals surface area (Å²) in [6.45, 7) is 7.84. The first-order chi connectivity index (χ1) is 19.5. The number of benzene rings is 1. The Bertz CT molecular complexity index is 1170. The van der Waals surface area contributed by atoms with Gasteiger partial charge >= 0.3 is 6.09 Å². The van der Waals surface area contributed by atoms with Crippen molar-refractivity contribution in [3.05, 3.63) is 41.7 Å². The highest BCUT2D eigenvalue weighted by Crippen LogP contribution is 2.30. The van der Waals surface area contributed by atoms with Crippen molar-refractivity contribution in [2.75, 3.05) is 19.6 Å². The van der Waals surface area contributed by atoms with E-state index < -0.39 is 23.3 Å². The topological polar surface area (TPSA) is 93.7 Å². The number of hydrogen-bond acceptors (Lipinski definition) is 6. The van der Waals surface area contributed by atoms with E-state index in [2.05, 4.69) is 22.4 Å². The number of likely N-dealkylation sites (tertiary alicyclic amines) is 1. The fraction of sp³-hybridized carbons (Fsp3) is 0.625. The molecule has 1 saturated carbocycles. The minimum Gasteiger partial charge on any atom is -0.490 e. The minimum atomic E-state index is -1.61. The molecule has 0 bridgehead atoms. The summed E-state index contributed by atoms with van der Waals surface area (Å²) in [5, 5.41) is 11.3. The molecule has 1 N–H and O–H groups in total. The zero-order valence-electron chi connectivity index (χ0n) is 25.0. The van der Waals surface area contributed by atoms with E-state index in [9.17, 15) is 9.59 Å². The molecular formula is C32H45FN4O4. The summed E-state index contributed by atoms with van der Waals surface area (Å²) < 4.78 is 27.1. The summed E-state index contributed by atoms with van der Waals surface area (Å²) in [4.78, 5) is 26.9. The number of amides is 2. The number of ether oxygens (including phenoxy) is 2. The zero-order valence-corrected chi connectivity index (χ0v) is 25.0. The summed E-state index contributed by atoms with van der Waals surface area (Å²) in [6.07, 6.45) is 8.70. The highest BCUT2D eigenvalue weighted by atomic mass is 19.1. The van der Waals surface area contributed by atoms with Gasteiger partial charge < -0.3 is 19.7 Å². The Morgan fingerprint density at radius 2 is 1.76 bits per heavy atom. The number of alkyl halides is 1. The molecule has 2 aromatic rings. The lowest BCUT2D eigenvalue weighted by Gasteiger charge is -2.37. The fourth-order valence-corrected chi connectivity index (χ4v) is 5.32. The van der Waals surface area contributed by atoms with Crippen molar-refractivity contribution < 1.29 is 23.5 Å². The second-order valence-corrected chi connectivity index (χ2v) is 12.4. The molecule has 0 spiro atoms. The SMILES string of the molecule is CCCCc1nnc(C(=O)NCC2(F)CCN(C(=O)OC(C)(C)C)CC2)cc1-c1ccc(OC2CCCCC2)cc1. The lowest BCUT2D eigenvalue weighted by molar-refractivity contribution is 0.00337. The van der Waals surface area contributed by atoms with Gasteiger partial charge in [0, 0.05) is 31.5 Å². The molecule has 224 valence electrons. The van der Waals surface area contributed by atoms with Crippen LogP contribution in [0.4, 0.5) is 9.18 Å². The lowest BCUT2D eigenvalue weighted by Crippen LogP contribution is -2.50. The maximum Gasteiger partial charge on any atom is 0.410 e. The van der Waals surface area contributed by atoms with Crippen LogP contribution in [0.5, 0.6) is 5.75 Å². The van der Waals surface area contributed by atoms with E-state index in [0.29, 0.717) is 0 Å². The first-order valence-electron chi connectivity index (χ1n) is 15.1. The Balaban J connectivity index is 1.40. The first-order valence-corrected chi connectivity index (χ1v) is 15.1. The van der Waals surface area contributed by atoms with Gasteiger partial charge in [0.2, 0.25) is 0 Å². The van der Waals surface area contributed by atoms with Gasteiger partial charge in [-0.05, 0) is 83.1 Å². The summed E-state index contributed by atoms with van der Waals surface area (Å²) in [6, 6.07) is 9.71. The van der Waals surface area contributed by atoms with Crippen molar-refractivity contribution in [2.45, 2.75) is 109 Å². The van der Waals surface area contributed by atoms with Gasteiger partial charge in [-0.25, -0.2) is 9.18 Å². The average Bonchev–Trinajstić information content (AvgIpc) is 2.95. The molecule has 2 fully saturated rings. The van der Waals surface area contributed by atoms with Gasteiger partial charge in [-0.1, -0.05) is 31.9 Å². The van der Waals surface area contributed by atoms with Crippen LogP contribution in [0.3, 0.4) is 0 Å². The van der Waals surface area contributed by atoms with Crippen LogP contribution in [0, 0.1) is 0 Å². The fourth-order valence-electron chi connectivity index (χ4n) is 5.32. The highest BCUT2D eigenvalue weighted by Gasteiger charge is 2.37. The third-order valence-electron chi connectivity index (χ3n) is 7.77. The molecule has 1 aliphatic carbocycles. The Labute approximate surface area is 243 Å². The van der Waals surface area contributed by atoms with Crippen LogP contribution in [0.25, 0.3) is 11.1 Å². The maximum absolute atomic E-state index is 15.5. The van der Waals surface area contributed by atoms with Gasteiger partial charge in [0.25, 0.3) is 5.91 Å². The van der Waals surface area contributed by atoms with E-state index in [-0.39, 0.29) is 44.3 Å². The summed E-state index contributed by atoms with van der Waals surface area (Å²) in [7, 11) is 0. The van der Waals surface area contributed by atoms with E-state index in [4.69, 9.17) is 9.47 Å². The van der Waals surface area contributed by atoms with Gasteiger partial charge in [0.15, 0.2) is 5.69 Å². The van der Waals surface area contributed by atoms with Crippen LogP contribution in [0.1, 0.15) is 102 Å². The number of aromatic nitrogens is 2. The standard InChI is InChI=1S/C32H45FN4O4/c1-5-6-12-27-26(23-13-15-25(16-14-23)40-24-10-8-7-9-11-24)21-28(36-35-27)29(38)34-22-32(33)17-19-37(20-18-32)30(39)41-31(2,3)4/h13-16,21,24H,5-12,17-20,22H2,1-4H3,(H,34,38). The smallest absolute Gasteiger partial charge is 0.410 e. The predicted octanol–water partition coefficient (Wildman–Crippen LogP) is 6.67. The second-order valence-electron chi connectivity index (χ2n) is 12.4. The highest BCUT2D eigenvalue weighted by molar-refractivity contribution is 5.93. The van der Waals surface area contributed by atoms with Gasteiger partial charge in [0.1, 0.15) is 17.0 Å². The third kappa shape index (κ3) is 8.88. The van der Waals surface area contributed by atoms with Crippen LogP contribution < -0.4 is 10.1 Å². The molecule has 2 amide bonds. The van der Waals surface area contributed by atoms with Gasteiger partial charge in [0.05, 0.1) is 18.3 Å². The second kappa shape index (κ2) is 13.6. The number of nitrogens with one attached hydrogen (secondary N) is 1. The molecule has 1 aliphatic heterocycles. The normalized spacial score (nSPS) is 17.6. The number of unbranched alkanes of at least 4 members (excludes halogenated alkanes) is 1. The number of carbonyl (C=O) groups excluding carboxylic acids is 2. The van der Waals surface area contributed by atoms with Crippen molar-refractivity contribution >= 4 is 12.0 Å². The van der Waals surface area contributed by atoms with E-state index in [0.717, 1.165) is 54.7 Å². The minimum absolute atomic E-state index is 0.120. The van der Waals surface area contributed by atoms with Crippen LogP contribution in [0.15, 0.2) is 30.3 Å². The van der Waals surface area contributed by atoms with Crippen LogP contribution in [-0.4, -0.2) is 64.1 Å². The summed E-state index contributed by atoms with van der Waals surface area (Å²) in [5.41, 5.74) is 0.556. The molecule has 8 nitrogen and oxygen atoms in total. The number of hydrogen-bond donors (Lipinski definition) is 1. The van der Waals surface area contributed by atoms with Crippen LogP contribution in [0.2, 0.25) is 0 Å². The monoisotopic (exact) mass is 568 g/mol. The number of rotatable bonds is 9.